The largest absolute Gasteiger partial charge is 0.497 e. The third-order valence-corrected chi connectivity index (χ3v) is 7.21. The van der Waals surface area contributed by atoms with Crippen molar-refractivity contribution in [1.29, 1.82) is 0 Å². The van der Waals surface area contributed by atoms with Crippen molar-refractivity contribution in [2.75, 3.05) is 20.8 Å². The minimum absolute atomic E-state index is 0.0136. The van der Waals surface area contributed by atoms with E-state index < -0.39 is 0 Å². The number of carbonyl (C=O) groups excluding carboxylic acids is 2. The van der Waals surface area contributed by atoms with Crippen molar-refractivity contribution in [2.45, 2.75) is 46.3 Å². The van der Waals surface area contributed by atoms with Crippen LogP contribution >= 0.6 is 11.3 Å². The molecule has 0 bridgehead atoms. The molecule has 3 rings (SSSR count). The molecule has 0 aliphatic rings. The second kappa shape index (κ2) is 12.4. The maximum absolute atomic E-state index is 13.7. The van der Waals surface area contributed by atoms with E-state index in [4.69, 9.17) is 9.47 Å². The van der Waals surface area contributed by atoms with E-state index in [1.165, 1.54) is 12.7 Å². The van der Waals surface area contributed by atoms with Gasteiger partial charge in [-0.3, -0.25) is 9.59 Å². The normalized spacial score (nSPS) is 11.6. The average molecular weight is 495 g/mol. The molecule has 0 N–H and O–H groups in total. The van der Waals surface area contributed by atoms with Crippen molar-refractivity contribution in [3.8, 4) is 11.5 Å². The van der Waals surface area contributed by atoms with Crippen LogP contribution in [0.25, 0.3) is 0 Å². The fraction of sp³-hybridized carbons (Fsp3) is 0.357. The molecular formula is C28H34N2O4S. The number of carbonyl (C=O) groups is 2. The molecule has 2 amide bonds. The summed E-state index contributed by atoms with van der Waals surface area (Å²) in [6.45, 7) is 7.00. The molecule has 0 spiro atoms. The molecule has 1 aromatic heterocycles. The topological polar surface area (TPSA) is 59.1 Å². The molecule has 0 aliphatic carbocycles. The summed E-state index contributed by atoms with van der Waals surface area (Å²) in [5.74, 6) is 0.692. The Labute approximate surface area is 212 Å². The molecule has 2 aromatic carbocycles. The van der Waals surface area contributed by atoms with Crippen LogP contribution < -0.4 is 9.47 Å². The van der Waals surface area contributed by atoms with Crippen LogP contribution in [0.3, 0.4) is 0 Å². The quantitative estimate of drug-likeness (QED) is 0.351. The highest BCUT2D eigenvalue weighted by atomic mass is 32.1. The van der Waals surface area contributed by atoms with E-state index in [0.717, 1.165) is 16.9 Å². The van der Waals surface area contributed by atoms with Gasteiger partial charge >= 0.3 is 0 Å². The third-order valence-electron chi connectivity index (χ3n) is 6.20. The number of ether oxygens (including phenoxy) is 2. The highest BCUT2D eigenvalue weighted by molar-refractivity contribution is 7.10. The molecule has 0 aliphatic heterocycles. The van der Waals surface area contributed by atoms with Crippen LogP contribution in [0.15, 0.2) is 60.0 Å². The molecule has 1 atom stereocenters. The lowest BCUT2D eigenvalue weighted by molar-refractivity contribution is -0.133. The summed E-state index contributed by atoms with van der Waals surface area (Å²) >= 11 is 1.64. The lowest BCUT2D eigenvalue weighted by Gasteiger charge is -2.32. The summed E-state index contributed by atoms with van der Waals surface area (Å²) in [6, 6.07) is 17.0. The van der Waals surface area contributed by atoms with Crippen molar-refractivity contribution in [2.24, 2.45) is 0 Å². The number of benzene rings is 2. The van der Waals surface area contributed by atoms with Gasteiger partial charge in [0.1, 0.15) is 18.0 Å². The number of hydrogen-bond donors (Lipinski definition) is 0. The summed E-state index contributed by atoms with van der Waals surface area (Å²) in [5, 5.41) is 2.04. The van der Waals surface area contributed by atoms with Crippen molar-refractivity contribution >= 4 is 23.2 Å². The first-order chi connectivity index (χ1) is 16.9. The molecule has 0 unspecified atom stereocenters. The minimum atomic E-state index is -0.237. The first-order valence-electron chi connectivity index (χ1n) is 11.8. The molecule has 0 radical (unpaired) electrons. The van der Waals surface area contributed by atoms with Crippen LogP contribution in [0.1, 0.15) is 46.6 Å². The maximum atomic E-state index is 13.7. The fourth-order valence-corrected chi connectivity index (χ4v) is 4.72. The van der Waals surface area contributed by atoms with Gasteiger partial charge in [0.05, 0.1) is 26.3 Å². The Kier molecular flexibility index (Phi) is 9.32. The summed E-state index contributed by atoms with van der Waals surface area (Å²) < 4.78 is 10.7. The van der Waals surface area contributed by atoms with Crippen molar-refractivity contribution in [1.82, 2.24) is 9.80 Å². The molecule has 0 fully saturated rings. The second-order valence-electron chi connectivity index (χ2n) is 8.52. The van der Waals surface area contributed by atoms with E-state index in [9.17, 15) is 9.59 Å². The third kappa shape index (κ3) is 6.63. The Morgan fingerprint density at radius 3 is 2.34 bits per heavy atom. The zero-order valence-corrected chi connectivity index (χ0v) is 21.9. The van der Waals surface area contributed by atoms with Crippen LogP contribution in [-0.2, 0) is 17.9 Å². The van der Waals surface area contributed by atoms with Gasteiger partial charge in [-0.1, -0.05) is 37.3 Å². The predicted molar refractivity (Wildman–Crippen MR) is 140 cm³/mol. The second-order valence-corrected chi connectivity index (χ2v) is 9.52. The molecule has 0 saturated carbocycles. The molecule has 3 aromatic rings. The Bertz CT molecular complexity index is 1130. The van der Waals surface area contributed by atoms with Gasteiger partial charge < -0.3 is 19.3 Å². The lowest BCUT2D eigenvalue weighted by Crippen LogP contribution is -2.46. The average Bonchev–Trinajstić information content (AvgIpc) is 3.30. The maximum Gasteiger partial charge on any atom is 0.258 e. The fourth-order valence-electron chi connectivity index (χ4n) is 3.80. The van der Waals surface area contributed by atoms with E-state index >= 15 is 0 Å². The number of nitrogens with zero attached hydrogens (tertiary/aromatic N) is 2. The van der Waals surface area contributed by atoms with Gasteiger partial charge in [-0.05, 0) is 55.0 Å². The number of rotatable bonds is 11. The first-order valence-corrected chi connectivity index (χ1v) is 12.6. The van der Waals surface area contributed by atoms with Gasteiger partial charge in [-0.25, -0.2) is 0 Å². The van der Waals surface area contributed by atoms with E-state index in [0.29, 0.717) is 30.2 Å². The van der Waals surface area contributed by atoms with Gasteiger partial charge in [-0.15, -0.1) is 11.3 Å². The van der Waals surface area contributed by atoms with Gasteiger partial charge in [0.15, 0.2) is 0 Å². The summed E-state index contributed by atoms with van der Waals surface area (Å²) in [4.78, 5) is 32.0. The number of thiophene rings is 1. The molecule has 35 heavy (non-hydrogen) atoms. The standard InChI is InChI=1S/C28H34N2O4S/c1-6-21(3)30(28(32)24-13-12-23(33-4)16-25(24)34-5)19-27(31)29(17-22-10-8-7-9-11-22)18-26-20(2)14-15-35-26/h7-16,21H,6,17-19H2,1-5H3/t21-/m0/s1. The summed E-state index contributed by atoms with van der Waals surface area (Å²) in [7, 11) is 3.09. The Balaban J connectivity index is 1.89. The Hall–Kier alpha value is -3.32. The van der Waals surface area contributed by atoms with E-state index in [2.05, 4.69) is 13.0 Å². The van der Waals surface area contributed by atoms with Gasteiger partial charge in [-0.2, -0.15) is 0 Å². The molecular weight excluding hydrogens is 460 g/mol. The van der Waals surface area contributed by atoms with Gasteiger partial charge in [0, 0.05) is 23.5 Å². The summed E-state index contributed by atoms with van der Waals surface area (Å²) in [5.41, 5.74) is 2.62. The molecule has 1 heterocycles. The van der Waals surface area contributed by atoms with Crippen LogP contribution in [0.4, 0.5) is 0 Å². The van der Waals surface area contributed by atoms with Crippen LogP contribution in [0.2, 0.25) is 0 Å². The number of aryl methyl sites for hydroxylation is 1. The molecule has 7 heteroatoms. The summed E-state index contributed by atoms with van der Waals surface area (Å²) in [6.07, 6.45) is 0.722. The molecule has 186 valence electrons. The van der Waals surface area contributed by atoms with Crippen molar-refractivity contribution < 1.29 is 19.1 Å². The highest BCUT2D eigenvalue weighted by Gasteiger charge is 2.28. The van der Waals surface area contributed by atoms with Crippen LogP contribution in [-0.4, -0.2) is 48.4 Å². The zero-order valence-electron chi connectivity index (χ0n) is 21.1. The predicted octanol–water partition coefficient (Wildman–Crippen LogP) is 5.54. The number of methoxy groups -OCH3 is 2. The van der Waals surface area contributed by atoms with E-state index in [1.807, 2.05) is 54.5 Å². The SMILES string of the molecule is CC[C@H](C)N(CC(=O)N(Cc1ccccc1)Cc1sccc1C)C(=O)c1ccc(OC)cc1OC. The van der Waals surface area contributed by atoms with Crippen molar-refractivity contribution in [3.63, 3.8) is 0 Å². The minimum Gasteiger partial charge on any atom is -0.497 e. The highest BCUT2D eigenvalue weighted by Crippen LogP contribution is 2.27. The Morgan fingerprint density at radius 2 is 1.74 bits per heavy atom. The first kappa shape index (κ1) is 26.3. The zero-order chi connectivity index (χ0) is 25.4. The van der Waals surface area contributed by atoms with E-state index in [-0.39, 0.29) is 24.4 Å². The van der Waals surface area contributed by atoms with Crippen LogP contribution in [0, 0.1) is 6.92 Å². The monoisotopic (exact) mass is 494 g/mol. The smallest absolute Gasteiger partial charge is 0.258 e. The van der Waals surface area contributed by atoms with Gasteiger partial charge in [0.2, 0.25) is 5.91 Å². The molecule has 0 saturated heterocycles. The van der Waals surface area contributed by atoms with Gasteiger partial charge in [0.25, 0.3) is 5.91 Å². The van der Waals surface area contributed by atoms with Crippen molar-refractivity contribution in [3.05, 3.63) is 81.5 Å². The number of hydrogen-bond acceptors (Lipinski definition) is 5. The molecule has 6 nitrogen and oxygen atoms in total. The van der Waals surface area contributed by atoms with Crippen LogP contribution in [0.5, 0.6) is 11.5 Å². The van der Waals surface area contributed by atoms with E-state index in [1.54, 1.807) is 41.5 Å². The lowest BCUT2D eigenvalue weighted by atomic mass is 10.1. The Morgan fingerprint density at radius 1 is 1.00 bits per heavy atom. The number of amides is 2.